The van der Waals surface area contributed by atoms with Crippen molar-refractivity contribution < 1.29 is 48.5 Å². The third kappa shape index (κ3) is 5.34. The third-order valence-electron chi connectivity index (χ3n) is 9.65. The lowest BCUT2D eigenvalue weighted by molar-refractivity contribution is -0.181. The number of fused-ring (bicyclic) bond motifs is 3. The first-order valence-electron chi connectivity index (χ1n) is 15.5. The molecule has 3 aliphatic carbocycles. The van der Waals surface area contributed by atoms with Gasteiger partial charge >= 0.3 is 5.97 Å². The SMILES string of the molecule is CCOC(=O)CNC(=O)c1cccc(-c2cc(N(C)C)c3c(c2O)C(=O)C2C(=O)[C@]4(O)C(=O)C(C(N)=O)C(=O)[C@H](N(C)C)[C@@H]4C[C@@H]2C3)c1. The first-order chi connectivity index (χ1) is 22.6. The molecule has 0 aliphatic heterocycles. The summed E-state index contributed by atoms with van der Waals surface area (Å²) in [5.41, 5.74) is 4.07. The molecule has 2 amide bonds. The molecule has 2 saturated carbocycles. The van der Waals surface area contributed by atoms with E-state index in [1.807, 2.05) is 0 Å². The number of nitrogens with zero attached hydrogens (tertiary/aromatic N) is 2. The molecule has 0 radical (unpaired) electrons. The fourth-order valence-electron chi connectivity index (χ4n) is 7.57. The number of hydrogen-bond donors (Lipinski definition) is 4. The Morgan fingerprint density at radius 2 is 1.75 bits per heavy atom. The van der Waals surface area contributed by atoms with Gasteiger partial charge in [0.25, 0.3) is 5.91 Å². The second-order valence-corrected chi connectivity index (χ2v) is 12.9. The van der Waals surface area contributed by atoms with Gasteiger partial charge in [-0.2, -0.15) is 0 Å². The second kappa shape index (κ2) is 12.6. The molecule has 254 valence electrons. The number of aliphatic hydroxyl groups is 1. The van der Waals surface area contributed by atoms with E-state index in [2.05, 4.69) is 5.32 Å². The number of hydrogen-bond acceptors (Lipinski definition) is 12. The number of carbonyl (C=O) groups excluding carboxylic acids is 7. The number of esters is 1. The summed E-state index contributed by atoms with van der Waals surface area (Å²) >= 11 is 0. The van der Waals surface area contributed by atoms with Crippen LogP contribution < -0.4 is 16.0 Å². The molecule has 3 aliphatic rings. The van der Waals surface area contributed by atoms with Crippen molar-refractivity contribution in [1.82, 2.24) is 10.2 Å². The van der Waals surface area contributed by atoms with Crippen molar-refractivity contribution in [2.24, 2.45) is 29.4 Å². The Morgan fingerprint density at radius 1 is 1.06 bits per heavy atom. The summed E-state index contributed by atoms with van der Waals surface area (Å²) in [6.07, 6.45) is 0.0335. The highest BCUT2D eigenvalue weighted by atomic mass is 16.5. The van der Waals surface area contributed by atoms with E-state index in [1.54, 1.807) is 44.1 Å². The highest BCUT2D eigenvalue weighted by Gasteiger charge is 2.69. The van der Waals surface area contributed by atoms with E-state index in [4.69, 9.17) is 10.5 Å². The summed E-state index contributed by atoms with van der Waals surface area (Å²) in [7, 11) is 6.53. The molecule has 5 N–H and O–H groups in total. The van der Waals surface area contributed by atoms with Crippen molar-refractivity contribution in [1.29, 1.82) is 0 Å². The van der Waals surface area contributed by atoms with Gasteiger partial charge in [0.05, 0.1) is 24.1 Å². The number of carbonyl (C=O) groups is 7. The fraction of sp³-hybridized carbons (Fsp3) is 0.441. The molecule has 2 fully saturated rings. The summed E-state index contributed by atoms with van der Waals surface area (Å²) in [5.74, 6) is -12.6. The molecule has 0 bridgehead atoms. The Morgan fingerprint density at radius 3 is 2.35 bits per heavy atom. The summed E-state index contributed by atoms with van der Waals surface area (Å²) in [4.78, 5) is 95.4. The van der Waals surface area contributed by atoms with Gasteiger partial charge in [0, 0.05) is 36.8 Å². The third-order valence-corrected chi connectivity index (χ3v) is 9.65. The van der Waals surface area contributed by atoms with E-state index in [-0.39, 0.29) is 42.7 Å². The normalized spacial score (nSPS) is 26.4. The summed E-state index contributed by atoms with van der Waals surface area (Å²) in [6.45, 7) is 1.44. The van der Waals surface area contributed by atoms with Gasteiger partial charge < -0.3 is 30.9 Å². The predicted molar refractivity (Wildman–Crippen MR) is 170 cm³/mol. The average molecular weight is 663 g/mol. The number of rotatable bonds is 8. The standard InChI is InChI=1S/C34H38N4O10/c1-6-48-22(39)14-36-33(46)16-9-7-8-15(10-16)18-13-21(37(2)3)19-11-17-12-20-26(38(4)5)29(42)25(32(35)45)31(44)34(20,47)30(43)23(17)28(41)24(19)27(18)40/h7-10,13,17,20,23,25-26,40,47H,6,11-12,14H2,1-5H3,(H2,35,45)(H,36,46)/t17-,20-,23?,25?,26+,34-/m0/s1. The van der Waals surface area contributed by atoms with Crippen LogP contribution >= 0.6 is 0 Å². The van der Waals surface area contributed by atoms with Crippen molar-refractivity contribution in [2.75, 3.05) is 46.2 Å². The van der Waals surface area contributed by atoms with E-state index in [1.165, 1.54) is 31.1 Å². The van der Waals surface area contributed by atoms with Crippen LogP contribution in [0.1, 0.15) is 39.6 Å². The molecular weight excluding hydrogens is 624 g/mol. The smallest absolute Gasteiger partial charge is 0.325 e. The first-order valence-corrected chi connectivity index (χ1v) is 15.5. The molecule has 6 atom stereocenters. The van der Waals surface area contributed by atoms with Gasteiger partial charge in [-0.1, -0.05) is 12.1 Å². The second-order valence-electron chi connectivity index (χ2n) is 12.9. The molecule has 0 aromatic heterocycles. The number of likely N-dealkylation sites (N-methyl/N-ethyl adjacent to an activating group) is 1. The zero-order chi connectivity index (χ0) is 35.4. The van der Waals surface area contributed by atoms with E-state index >= 15 is 0 Å². The van der Waals surface area contributed by atoms with Gasteiger partial charge in [-0.3, -0.25) is 38.5 Å². The van der Waals surface area contributed by atoms with E-state index < -0.39 is 82.0 Å². The average Bonchev–Trinajstić information content (AvgIpc) is 3.01. The number of nitrogens with one attached hydrogen (secondary N) is 1. The fourth-order valence-corrected chi connectivity index (χ4v) is 7.57. The lowest BCUT2D eigenvalue weighted by atomic mass is 9.52. The Labute approximate surface area is 276 Å². The van der Waals surface area contributed by atoms with E-state index in [0.717, 1.165) is 0 Å². The Balaban J connectivity index is 1.59. The van der Waals surface area contributed by atoms with Crippen LogP contribution in [0.15, 0.2) is 30.3 Å². The minimum Gasteiger partial charge on any atom is -0.507 e. The van der Waals surface area contributed by atoms with E-state index in [0.29, 0.717) is 16.8 Å². The molecular formula is C34H38N4O10. The monoisotopic (exact) mass is 662 g/mol. The number of primary amides is 1. The summed E-state index contributed by atoms with van der Waals surface area (Å²) < 4.78 is 4.84. The van der Waals surface area contributed by atoms with Crippen LogP contribution in [0, 0.1) is 23.7 Å². The topological polar surface area (TPSA) is 214 Å². The molecule has 0 heterocycles. The molecule has 0 saturated heterocycles. The molecule has 5 rings (SSSR count). The van der Waals surface area contributed by atoms with E-state index in [9.17, 15) is 43.8 Å². The molecule has 0 spiro atoms. The lowest BCUT2D eigenvalue weighted by Gasteiger charge is -2.52. The van der Waals surface area contributed by atoms with Crippen LogP contribution in [0.25, 0.3) is 11.1 Å². The molecule has 14 nitrogen and oxygen atoms in total. The Kier molecular flexibility index (Phi) is 9.01. The van der Waals surface area contributed by atoms with Crippen molar-refractivity contribution in [3.8, 4) is 16.9 Å². The number of nitrogens with two attached hydrogens (primary N) is 1. The molecule has 2 aromatic carbocycles. The maximum atomic E-state index is 14.3. The number of phenolic OH excluding ortho intramolecular Hbond substituents is 1. The van der Waals surface area contributed by atoms with Gasteiger partial charge in [0.2, 0.25) is 5.91 Å². The lowest BCUT2D eigenvalue weighted by Crippen LogP contribution is -2.74. The zero-order valence-corrected chi connectivity index (χ0v) is 27.2. The predicted octanol–water partition coefficient (Wildman–Crippen LogP) is -0.107. The van der Waals surface area contributed by atoms with Gasteiger partial charge in [-0.25, -0.2) is 0 Å². The van der Waals surface area contributed by atoms with Crippen LogP contribution in [-0.2, 0) is 35.1 Å². The van der Waals surface area contributed by atoms with Crippen LogP contribution in [0.3, 0.4) is 0 Å². The van der Waals surface area contributed by atoms with Crippen molar-refractivity contribution in [3.63, 3.8) is 0 Å². The number of amides is 2. The van der Waals surface area contributed by atoms with Crippen LogP contribution in [0.5, 0.6) is 5.75 Å². The molecule has 2 unspecified atom stereocenters. The minimum absolute atomic E-state index is 0.0672. The van der Waals surface area contributed by atoms with Gasteiger partial charge in [-0.05, 0) is 69.1 Å². The highest BCUT2D eigenvalue weighted by molar-refractivity contribution is 6.32. The number of ketones is 4. The first kappa shape index (κ1) is 34.4. The van der Waals surface area contributed by atoms with Crippen LogP contribution in [-0.4, -0.2) is 109 Å². The number of phenols is 1. The molecule has 48 heavy (non-hydrogen) atoms. The Bertz CT molecular complexity index is 1770. The molecule has 14 heteroatoms. The van der Waals surface area contributed by atoms with Crippen molar-refractivity contribution >= 4 is 46.6 Å². The highest BCUT2D eigenvalue weighted by Crippen LogP contribution is 2.53. The number of anilines is 1. The number of aromatic hydroxyl groups is 1. The van der Waals surface area contributed by atoms with Crippen molar-refractivity contribution in [3.05, 3.63) is 47.0 Å². The maximum Gasteiger partial charge on any atom is 0.325 e. The number of benzene rings is 2. The zero-order valence-electron chi connectivity index (χ0n) is 27.2. The van der Waals surface area contributed by atoms with Gasteiger partial charge in [-0.15, -0.1) is 0 Å². The number of ether oxygens (including phenoxy) is 1. The van der Waals surface area contributed by atoms with Gasteiger partial charge in [0.15, 0.2) is 34.7 Å². The Hall–Kier alpha value is -4.95. The quantitative estimate of drug-likeness (QED) is 0.215. The van der Waals surface area contributed by atoms with Crippen LogP contribution in [0.2, 0.25) is 0 Å². The largest absolute Gasteiger partial charge is 0.507 e. The minimum atomic E-state index is -2.83. The maximum absolute atomic E-state index is 14.3. The van der Waals surface area contributed by atoms with Gasteiger partial charge in [0.1, 0.15) is 12.3 Å². The number of Topliss-reactive ketones (excluding diaryl/α,β-unsaturated/α-hetero) is 4. The van der Waals surface area contributed by atoms with Crippen molar-refractivity contribution in [2.45, 2.75) is 31.4 Å². The molecule has 2 aromatic rings. The summed E-state index contributed by atoms with van der Waals surface area (Å²) in [5, 5.41) is 26.0. The summed E-state index contributed by atoms with van der Waals surface area (Å²) in [6, 6.07) is 6.62. The van der Waals surface area contributed by atoms with Crippen LogP contribution in [0.4, 0.5) is 5.69 Å².